The van der Waals surface area contributed by atoms with E-state index in [1.54, 1.807) is 48.5 Å². The van der Waals surface area contributed by atoms with Crippen molar-refractivity contribution < 1.29 is 57.2 Å². The molecule has 0 unspecified atom stereocenters. The molecule has 7 rings (SSSR count). The molecule has 0 saturated carbocycles. The Morgan fingerprint density at radius 1 is 0.250 bits per heavy atom. The minimum atomic E-state index is -0.299. The Bertz CT molecular complexity index is 2660. The molecule has 0 aliphatic rings. The first-order chi connectivity index (χ1) is 35.1. The van der Waals surface area contributed by atoms with Gasteiger partial charge < -0.3 is 28.4 Å². The Hall–Kier alpha value is -8.00. The largest absolute Gasteiger partial charge is 0.461 e. The van der Waals surface area contributed by atoms with E-state index in [0.29, 0.717) is 22.3 Å². The van der Waals surface area contributed by atoms with Crippen LogP contribution in [0.4, 0.5) is 0 Å². The van der Waals surface area contributed by atoms with Gasteiger partial charge in [-0.2, -0.15) is 0 Å². The number of hydrogen-bond acceptors (Lipinski definition) is 12. The first-order valence-corrected chi connectivity index (χ1v) is 23.4. The summed E-state index contributed by atoms with van der Waals surface area (Å²) < 4.78 is 33.4. The Kier molecular flexibility index (Phi) is 19.7. The summed E-state index contributed by atoms with van der Waals surface area (Å²) in [6.07, 6.45) is 0.428. The van der Waals surface area contributed by atoms with Crippen molar-refractivity contribution in [2.75, 3.05) is 26.4 Å². The van der Waals surface area contributed by atoms with Crippen molar-refractivity contribution in [1.29, 1.82) is 0 Å². The topological polar surface area (TPSA) is 158 Å². The number of ketones is 4. The lowest BCUT2D eigenvalue weighted by molar-refractivity contribution is -0.145. The predicted molar refractivity (Wildman–Crippen MR) is 268 cm³/mol. The van der Waals surface area contributed by atoms with Gasteiger partial charge in [0.2, 0.25) is 0 Å². The molecule has 0 fully saturated rings. The van der Waals surface area contributed by atoms with E-state index in [1.807, 2.05) is 133 Å². The molecule has 0 aromatic heterocycles. The summed E-state index contributed by atoms with van der Waals surface area (Å²) in [5.74, 6) is -1.48. The number of Topliss-reactive ketones (excluding diaryl/α,β-unsaturated/α-hetero) is 4. The third kappa shape index (κ3) is 17.1. The van der Waals surface area contributed by atoms with Crippen molar-refractivity contribution in [3.63, 3.8) is 0 Å². The number of rotatable bonds is 28. The Balaban J connectivity index is 0.723. The van der Waals surface area contributed by atoms with Crippen LogP contribution in [0.3, 0.4) is 0 Å². The van der Waals surface area contributed by atoms with Gasteiger partial charge in [0.1, 0.15) is 39.6 Å². The van der Waals surface area contributed by atoms with E-state index in [9.17, 15) is 28.8 Å². The highest BCUT2D eigenvalue weighted by Gasteiger charge is 2.13. The SMILES string of the molecule is O=C(Cc1ccccc1)OCc1ccc(COCC(=O)c2ccc(C(=O)COCc3ccc(COCC(=O)c4ccc(C(=O)COCc5ccc(COC(=O)Cc6ccccc6)cc5)cc4)cc3)cc2)cc1. The molecule has 0 heterocycles. The second kappa shape index (κ2) is 27.4. The first kappa shape index (κ1) is 51.8. The molecule has 72 heavy (non-hydrogen) atoms. The van der Waals surface area contributed by atoms with E-state index in [4.69, 9.17) is 28.4 Å². The zero-order valence-corrected chi connectivity index (χ0v) is 39.7. The molecule has 0 spiro atoms. The van der Waals surface area contributed by atoms with Gasteiger partial charge in [-0.25, -0.2) is 0 Å². The van der Waals surface area contributed by atoms with Crippen LogP contribution in [0, 0.1) is 0 Å². The van der Waals surface area contributed by atoms with Crippen LogP contribution < -0.4 is 0 Å². The van der Waals surface area contributed by atoms with Crippen LogP contribution in [0.1, 0.15) is 85.9 Å². The van der Waals surface area contributed by atoms with E-state index in [0.717, 1.165) is 44.5 Å². The molecule has 0 saturated heterocycles. The van der Waals surface area contributed by atoms with Crippen molar-refractivity contribution in [3.8, 4) is 0 Å². The second-order valence-electron chi connectivity index (χ2n) is 16.9. The number of carbonyl (C=O) groups excluding carboxylic acids is 6. The standard InChI is InChI=1S/C60H54O12/c61-55(51-23-27-53(28-24-51)57(63)41-69-35-47-15-19-49(20-16-47)37-71-59(65)31-43-7-3-1-4-8-43)39-67-33-45-11-13-46(14-12-45)34-68-40-56(62)52-25-29-54(30-26-52)58(64)42-70-36-48-17-21-50(22-18-48)38-72-60(66)32-44-9-5-2-6-10-44/h1-30H,31-42H2. The van der Waals surface area contributed by atoms with Crippen LogP contribution in [0.5, 0.6) is 0 Å². The van der Waals surface area contributed by atoms with Crippen LogP contribution in [0.2, 0.25) is 0 Å². The van der Waals surface area contributed by atoms with Crippen LogP contribution in [0.15, 0.2) is 182 Å². The van der Waals surface area contributed by atoms with Crippen LogP contribution >= 0.6 is 0 Å². The van der Waals surface area contributed by atoms with Crippen LogP contribution in [0.25, 0.3) is 0 Å². The molecular weight excluding hydrogens is 913 g/mol. The number of esters is 2. The highest BCUT2D eigenvalue weighted by Crippen LogP contribution is 2.15. The molecule has 12 nitrogen and oxygen atoms in total. The van der Waals surface area contributed by atoms with Gasteiger partial charge in [-0.15, -0.1) is 0 Å². The Morgan fingerprint density at radius 2 is 0.472 bits per heavy atom. The fourth-order valence-corrected chi connectivity index (χ4v) is 7.21. The van der Waals surface area contributed by atoms with E-state index >= 15 is 0 Å². The lowest BCUT2D eigenvalue weighted by Gasteiger charge is -2.08. The predicted octanol–water partition coefficient (Wildman–Crippen LogP) is 9.86. The first-order valence-electron chi connectivity index (χ1n) is 23.4. The van der Waals surface area contributed by atoms with Gasteiger partial charge in [0.05, 0.1) is 39.3 Å². The minimum absolute atomic E-state index is 0.129. The Labute approximate surface area is 418 Å². The van der Waals surface area contributed by atoms with E-state index in [2.05, 4.69) is 0 Å². The third-order valence-electron chi connectivity index (χ3n) is 11.3. The summed E-state index contributed by atoms with van der Waals surface area (Å²) >= 11 is 0. The normalized spacial score (nSPS) is 10.9. The second-order valence-corrected chi connectivity index (χ2v) is 16.9. The molecule has 366 valence electrons. The molecule has 0 radical (unpaired) electrons. The summed E-state index contributed by atoms with van der Waals surface area (Å²) in [4.78, 5) is 75.4. The summed E-state index contributed by atoms with van der Waals surface area (Å²) in [5, 5.41) is 0. The maximum absolute atomic E-state index is 12.8. The van der Waals surface area contributed by atoms with Gasteiger partial charge in [0.15, 0.2) is 23.1 Å². The third-order valence-corrected chi connectivity index (χ3v) is 11.3. The summed E-state index contributed by atoms with van der Waals surface area (Å²) in [7, 11) is 0. The van der Waals surface area contributed by atoms with E-state index in [1.165, 1.54) is 0 Å². The van der Waals surface area contributed by atoms with Crippen LogP contribution in [-0.4, -0.2) is 61.5 Å². The zero-order valence-electron chi connectivity index (χ0n) is 39.7. The Morgan fingerprint density at radius 3 is 0.708 bits per heavy atom. The van der Waals surface area contributed by atoms with Crippen LogP contribution in [-0.2, 0) is 90.5 Å². The monoisotopic (exact) mass is 966 g/mol. The molecule has 0 aliphatic carbocycles. The average molecular weight is 967 g/mol. The van der Waals surface area contributed by atoms with Gasteiger partial charge in [-0.3, -0.25) is 28.8 Å². The van der Waals surface area contributed by atoms with Gasteiger partial charge in [-0.05, 0) is 44.5 Å². The van der Waals surface area contributed by atoms with Crippen molar-refractivity contribution in [3.05, 3.63) is 249 Å². The van der Waals surface area contributed by atoms with Gasteiger partial charge in [0.25, 0.3) is 0 Å². The minimum Gasteiger partial charge on any atom is -0.461 e. The molecule has 0 aliphatic heterocycles. The van der Waals surface area contributed by atoms with E-state index in [-0.39, 0.29) is 114 Å². The molecule has 7 aromatic carbocycles. The molecule has 7 aromatic rings. The zero-order chi connectivity index (χ0) is 50.3. The molecule has 0 bridgehead atoms. The van der Waals surface area contributed by atoms with Gasteiger partial charge in [0, 0.05) is 22.3 Å². The van der Waals surface area contributed by atoms with Crippen molar-refractivity contribution in [2.24, 2.45) is 0 Å². The van der Waals surface area contributed by atoms with Crippen molar-refractivity contribution in [1.82, 2.24) is 0 Å². The van der Waals surface area contributed by atoms with E-state index < -0.39 is 0 Å². The lowest BCUT2D eigenvalue weighted by Crippen LogP contribution is -2.12. The fraction of sp³-hybridized carbons (Fsp3) is 0.200. The van der Waals surface area contributed by atoms with Crippen molar-refractivity contribution in [2.45, 2.75) is 52.5 Å². The number of carbonyl (C=O) groups is 6. The maximum Gasteiger partial charge on any atom is 0.310 e. The molecule has 12 heteroatoms. The average Bonchev–Trinajstić information content (AvgIpc) is 3.41. The highest BCUT2D eigenvalue weighted by molar-refractivity contribution is 6.01. The number of hydrogen-bond donors (Lipinski definition) is 0. The lowest BCUT2D eigenvalue weighted by atomic mass is 10.1. The summed E-state index contributed by atoms with van der Waals surface area (Å²) in [6.45, 7) is 0.665. The smallest absolute Gasteiger partial charge is 0.310 e. The molecule has 0 atom stereocenters. The maximum atomic E-state index is 12.8. The van der Waals surface area contributed by atoms with Gasteiger partial charge in [-0.1, -0.05) is 182 Å². The van der Waals surface area contributed by atoms with Gasteiger partial charge >= 0.3 is 11.9 Å². The summed E-state index contributed by atoms with van der Waals surface area (Å²) in [5.41, 5.74) is 8.61. The number of ether oxygens (including phenoxy) is 6. The highest BCUT2D eigenvalue weighted by atomic mass is 16.5. The molecular formula is C60H54O12. The summed E-state index contributed by atoms with van der Waals surface area (Å²) in [6, 6.07) is 53.9. The molecule has 0 N–H and O–H groups in total. The fourth-order valence-electron chi connectivity index (χ4n) is 7.21. The number of benzene rings is 7. The molecule has 0 amide bonds. The van der Waals surface area contributed by atoms with Crippen molar-refractivity contribution >= 4 is 35.1 Å². The quantitative estimate of drug-likeness (QED) is 0.0339.